The molecule has 0 aliphatic carbocycles. The highest BCUT2D eigenvalue weighted by molar-refractivity contribution is 5.91. The molecule has 0 heterocycles. The molecule has 0 unspecified atom stereocenters. The average Bonchev–Trinajstić information content (AvgIpc) is 2.49. The van der Waals surface area contributed by atoms with E-state index in [1.54, 1.807) is 18.2 Å². The van der Waals surface area contributed by atoms with Gasteiger partial charge in [-0.05, 0) is 55.7 Å². The minimum absolute atomic E-state index is 0.370. The smallest absolute Gasteiger partial charge is 0.343 e. The van der Waals surface area contributed by atoms with Crippen LogP contribution in [0.5, 0.6) is 11.5 Å². The Hall–Kier alpha value is -2.29. The maximum absolute atomic E-state index is 12.2. The van der Waals surface area contributed by atoms with Gasteiger partial charge >= 0.3 is 5.97 Å². The lowest BCUT2D eigenvalue weighted by atomic mass is 10.1. The summed E-state index contributed by atoms with van der Waals surface area (Å²) in [5.74, 6) is 0.915. The van der Waals surface area contributed by atoms with Gasteiger partial charge in [-0.15, -0.1) is 0 Å². The molecule has 0 bridgehead atoms. The Labute approximate surface area is 125 Å². The second-order valence-corrected chi connectivity index (χ2v) is 5.03. The Morgan fingerprint density at radius 1 is 1.10 bits per heavy atom. The molecule has 2 rings (SSSR count). The third-order valence-electron chi connectivity index (χ3n) is 3.09. The minimum atomic E-state index is -0.370. The van der Waals surface area contributed by atoms with Crippen LogP contribution < -0.4 is 9.47 Å². The van der Waals surface area contributed by atoms with Gasteiger partial charge in [0.1, 0.15) is 11.5 Å². The SMILES string of the molecule is CCCOc1cccc(C(=O)Oc2cc(C)ccc2C)c1. The van der Waals surface area contributed by atoms with Gasteiger partial charge in [0.15, 0.2) is 0 Å². The van der Waals surface area contributed by atoms with Crippen LogP contribution >= 0.6 is 0 Å². The van der Waals surface area contributed by atoms with Crippen LogP contribution in [0, 0.1) is 13.8 Å². The van der Waals surface area contributed by atoms with E-state index >= 15 is 0 Å². The quantitative estimate of drug-likeness (QED) is 0.606. The normalized spacial score (nSPS) is 10.2. The maximum atomic E-state index is 12.2. The molecule has 110 valence electrons. The predicted molar refractivity (Wildman–Crippen MR) is 83.1 cm³/mol. The summed E-state index contributed by atoms with van der Waals surface area (Å²) in [4.78, 5) is 12.2. The predicted octanol–water partition coefficient (Wildman–Crippen LogP) is 4.31. The van der Waals surface area contributed by atoms with E-state index in [1.165, 1.54) is 0 Å². The van der Waals surface area contributed by atoms with Crippen molar-refractivity contribution >= 4 is 5.97 Å². The lowest BCUT2D eigenvalue weighted by Gasteiger charge is -2.09. The largest absolute Gasteiger partial charge is 0.494 e. The van der Waals surface area contributed by atoms with Gasteiger partial charge in [-0.3, -0.25) is 0 Å². The van der Waals surface area contributed by atoms with Gasteiger partial charge < -0.3 is 9.47 Å². The number of rotatable bonds is 5. The number of hydrogen-bond donors (Lipinski definition) is 0. The summed E-state index contributed by atoms with van der Waals surface area (Å²) in [6, 6.07) is 12.9. The Morgan fingerprint density at radius 3 is 2.67 bits per heavy atom. The van der Waals surface area contributed by atoms with Crippen molar-refractivity contribution in [2.45, 2.75) is 27.2 Å². The molecule has 0 amide bonds. The van der Waals surface area contributed by atoms with Crippen LogP contribution in [-0.2, 0) is 0 Å². The van der Waals surface area contributed by atoms with Gasteiger partial charge in [-0.1, -0.05) is 25.1 Å². The summed E-state index contributed by atoms with van der Waals surface area (Å²) in [6.45, 7) is 6.56. The van der Waals surface area contributed by atoms with Crippen molar-refractivity contribution in [2.75, 3.05) is 6.61 Å². The molecule has 0 fully saturated rings. The Morgan fingerprint density at radius 2 is 1.90 bits per heavy atom. The first-order valence-electron chi connectivity index (χ1n) is 7.12. The standard InChI is InChI=1S/C18H20O3/c1-4-10-20-16-7-5-6-15(12-16)18(19)21-17-11-13(2)8-9-14(17)3/h5-9,11-12H,4,10H2,1-3H3. The number of benzene rings is 2. The molecule has 0 spiro atoms. The number of ether oxygens (including phenoxy) is 2. The molecule has 0 aliphatic heterocycles. The van der Waals surface area contributed by atoms with E-state index in [0.29, 0.717) is 23.7 Å². The van der Waals surface area contributed by atoms with Gasteiger partial charge in [0, 0.05) is 0 Å². The first kappa shape index (κ1) is 15.1. The van der Waals surface area contributed by atoms with E-state index in [2.05, 4.69) is 0 Å². The van der Waals surface area contributed by atoms with Crippen molar-refractivity contribution in [3.05, 3.63) is 59.2 Å². The van der Waals surface area contributed by atoms with Gasteiger partial charge in [-0.25, -0.2) is 4.79 Å². The van der Waals surface area contributed by atoms with Crippen molar-refractivity contribution < 1.29 is 14.3 Å². The lowest BCUT2D eigenvalue weighted by molar-refractivity contribution is 0.0733. The third-order valence-corrected chi connectivity index (χ3v) is 3.09. The van der Waals surface area contributed by atoms with Gasteiger partial charge in [-0.2, -0.15) is 0 Å². The number of aryl methyl sites for hydroxylation is 2. The third kappa shape index (κ3) is 4.09. The summed E-state index contributed by atoms with van der Waals surface area (Å²) in [7, 11) is 0. The molecule has 3 heteroatoms. The van der Waals surface area contributed by atoms with Crippen LogP contribution in [0.3, 0.4) is 0 Å². The van der Waals surface area contributed by atoms with Gasteiger partial charge in [0.25, 0.3) is 0 Å². The Kier molecular flexibility index (Phi) is 4.99. The summed E-state index contributed by atoms with van der Waals surface area (Å²) in [5.41, 5.74) is 2.49. The molecule has 3 nitrogen and oxygen atoms in total. The monoisotopic (exact) mass is 284 g/mol. The summed E-state index contributed by atoms with van der Waals surface area (Å²) in [6.07, 6.45) is 0.928. The zero-order chi connectivity index (χ0) is 15.2. The molecule has 0 saturated heterocycles. The topological polar surface area (TPSA) is 35.5 Å². The van der Waals surface area contributed by atoms with E-state index in [9.17, 15) is 4.79 Å². The molecule has 0 radical (unpaired) electrons. The first-order chi connectivity index (χ1) is 10.1. The molecule has 0 N–H and O–H groups in total. The molecule has 0 aliphatic rings. The molecule has 0 saturated carbocycles. The molecule has 2 aromatic carbocycles. The highest BCUT2D eigenvalue weighted by Gasteiger charge is 2.11. The maximum Gasteiger partial charge on any atom is 0.343 e. The van der Waals surface area contributed by atoms with Crippen molar-refractivity contribution in [2.24, 2.45) is 0 Å². The van der Waals surface area contributed by atoms with Crippen LogP contribution in [0.25, 0.3) is 0 Å². The van der Waals surface area contributed by atoms with E-state index in [0.717, 1.165) is 17.5 Å². The van der Waals surface area contributed by atoms with E-state index in [-0.39, 0.29) is 5.97 Å². The van der Waals surface area contributed by atoms with Crippen molar-refractivity contribution in [1.29, 1.82) is 0 Å². The van der Waals surface area contributed by atoms with Crippen LogP contribution in [-0.4, -0.2) is 12.6 Å². The minimum Gasteiger partial charge on any atom is -0.494 e. The second kappa shape index (κ2) is 6.93. The molecule has 0 atom stereocenters. The average molecular weight is 284 g/mol. The van der Waals surface area contributed by atoms with Crippen molar-refractivity contribution in [1.82, 2.24) is 0 Å². The number of carbonyl (C=O) groups is 1. The van der Waals surface area contributed by atoms with Crippen molar-refractivity contribution in [3.63, 3.8) is 0 Å². The summed E-state index contributed by atoms with van der Waals surface area (Å²) >= 11 is 0. The highest BCUT2D eigenvalue weighted by Crippen LogP contribution is 2.21. The van der Waals surface area contributed by atoms with Crippen LogP contribution in [0.15, 0.2) is 42.5 Å². The fourth-order valence-electron chi connectivity index (χ4n) is 1.91. The number of esters is 1. The fraction of sp³-hybridized carbons (Fsp3) is 0.278. The molecular formula is C18H20O3. The number of hydrogen-bond acceptors (Lipinski definition) is 3. The van der Waals surface area contributed by atoms with Gasteiger partial charge in [0.2, 0.25) is 0 Å². The first-order valence-corrected chi connectivity index (χ1v) is 7.12. The summed E-state index contributed by atoms with van der Waals surface area (Å²) in [5, 5.41) is 0. The fourth-order valence-corrected chi connectivity index (χ4v) is 1.91. The number of carbonyl (C=O) groups excluding carboxylic acids is 1. The molecule has 2 aromatic rings. The van der Waals surface area contributed by atoms with Gasteiger partial charge in [0.05, 0.1) is 12.2 Å². The van der Waals surface area contributed by atoms with E-state index in [1.807, 2.05) is 45.0 Å². The second-order valence-electron chi connectivity index (χ2n) is 5.03. The zero-order valence-corrected chi connectivity index (χ0v) is 12.7. The molecule has 21 heavy (non-hydrogen) atoms. The molecular weight excluding hydrogens is 264 g/mol. The molecule has 0 aromatic heterocycles. The zero-order valence-electron chi connectivity index (χ0n) is 12.7. The van der Waals surface area contributed by atoms with E-state index < -0.39 is 0 Å². The van der Waals surface area contributed by atoms with Crippen LogP contribution in [0.1, 0.15) is 34.8 Å². The summed E-state index contributed by atoms with van der Waals surface area (Å²) < 4.78 is 11.0. The Bertz CT molecular complexity index is 632. The highest BCUT2D eigenvalue weighted by atomic mass is 16.5. The van der Waals surface area contributed by atoms with Crippen LogP contribution in [0.4, 0.5) is 0 Å². The Balaban J connectivity index is 2.14. The van der Waals surface area contributed by atoms with Crippen LogP contribution in [0.2, 0.25) is 0 Å². The lowest BCUT2D eigenvalue weighted by Crippen LogP contribution is -2.09. The van der Waals surface area contributed by atoms with E-state index in [4.69, 9.17) is 9.47 Å². The van der Waals surface area contributed by atoms with Crippen molar-refractivity contribution in [3.8, 4) is 11.5 Å².